The highest BCUT2D eigenvalue weighted by molar-refractivity contribution is 5.68. The molecule has 0 heterocycles. The number of hydrogen-bond donors (Lipinski definition) is 2. The Morgan fingerprint density at radius 1 is 0.625 bits per heavy atom. The van der Waals surface area contributed by atoms with Gasteiger partial charge in [-0.25, -0.2) is 9.59 Å². The number of alkyl carbamates (subject to hydrolysis) is 2. The zero-order valence-electron chi connectivity index (χ0n) is 20.6. The van der Waals surface area contributed by atoms with Crippen LogP contribution < -0.4 is 10.6 Å². The fraction of sp³-hybridized carbons (Fsp3) is 0.833. The van der Waals surface area contributed by atoms with E-state index in [4.69, 9.17) is 9.47 Å². The van der Waals surface area contributed by atoms with Crippen LogP contribution >= 0.6 is 0 Å². The lowest BCUT2D eigenvalue weighted by molar-refractivity contribution is -0.112. The second-order valence-corrected chi connectivity index (χ2v) is 10.8. The molecule has 2 fully saturated rings. The third-order valence-electron chi connectivity index (χ3n) is 5.37. The summed E-state index contributed by atoms with van der Waals surface area (Å²) in [7, 11) is 0. The van der Waals surface area contributed by atoms with Gasteiger partial charge in [0.15, 0.2) is 0 Å². The Kier molecular flexibility index (Phi) is 11.2. The van der Waals surface area contributed by atoms with Gasteiger partial charge in [-0.15, -0.1) is 0 Å². The Bertz CT molecular complexity index is 553. The van der Waals surface area contributed by atoms with Crippen LogP contribution in [-0.2, 0) is 19.1 Å². The van der Waals surface area contributed by atoms with Gasteiger partial charge in [0.25, 0.3) is 0 Å². The van der Waals surface area contributed by atoms with Gasteiger partial charge >= 0.3 is 12.2 Å². The van der Waals surface area contributed by atoms with Crippen LogP contribution in [0.3, 0.4) is 0 Å². The van der Waals surface area contributed by atoms with Gasteiger partial charge < -0.3 is 29.7 Å². The summed E-state index contributed by atoms with van der Waals surface area (Å²) in [5.74, 6) is 0.355. The smallest absolute Gasteiger partial charge is 0.407 e. The number of hydrogen-bond acceptors (Lipinski definition) is 6. The average molecular weight is 455 g/mol. The Balaban J connectivity index is 0.000000320. The number of aldehydes is 2. The number of rotatable bonds is 4. The van der Waals surface area contributed by atoms with Crippen molar-refractivity contribution < 1.29 is 28.7 Å². The van der Waals surface area contributed by atoms with Gasteiger partial charge in [-0.2, -0.15) is 0 Å². The van der Waals surface area contributed by atoms with Crippen molar-refractivity contribution in [1.82, 2.24) is 10.6 Å². The van der Waals surface area contributed by atoms with Crippen LogP contribution in [0.15, 0.2) is 0 Å². The van der Waals surface area contributed by atoms with Crippen LogP contribution in [0.4, 0.5) is 9.59 Å². The van der Waals surface area contributed by atoms with E-state index in [2.05, 4.69) is 10.6 Å². The van der Waals surface area contributed by atoms with Crippen molar-refractivity contribution in [2.24, 2.45) is 11.8 Å². The van der Waals surface area contributed by atoms with E-state index in [-0.39, 0.29) is 36.1 Å². The molecule has 2 aliphatic rings. The molecular formula is C24H42N2O6. The Morgan fingerprint density at radius 3 is 1.12 bits per heavy atom. The van der Waals surface area contributed by atoms with Crippen LogP contribution in [-0.4, -0.2) is 48.0 Å². The maximum absolute atomic E-state index is 11.5. The van der Waals surface area contributed by atoms with Crippen molar-refractivity contribution in [3.63, 3.8) is 0 Å². The van der Waals surface area contributed by atoms with Crippen molar-refractivity contribution in [3.8, 4) is 0 Å². The molecule has 2 aliphatic carbocycles. The largest absolute Gasteiger partial charge is 0.444 e. The van der Waals surface area contributed by atoms with Crippen molar-refractivity contribution in [2.45, 2.75) is 116 Å². The quantitative estimate of drug-likeness (QED) is 0.604. The number of carbonyl (C=O) groups is 4. The molecule has 0 aromatic rings. The van der Waals surface area contributed by atoms with Gasteiger partial charge in [0, 0.05) is 23.9 Å². The van der Waals surface area contributed by atoms with Crippen molar-refractivity contribution in [1.29, 1.82) is 0 Å². The molecule has 2 saturated carbocycles. The van der Waals surface area contributed by atoms with E-state index in [0.29, 0.717) is 0 Å². The number of carbonyl (C=O) groups excluding carboxylic acids is 4. The predicted octanol–water partition coefficient (Wildman–Crippen LogP) is 4.54. The second-order valence-electron chi connectivity index (χ2n) is 10.8. The molecule has 2 amide bonds. The molecular weight excluding hydrogens is 412 g/mol. The van der Waals surface area contributed by atoms with Gasteiger partial charge in [0.1, 0.15) is 23.8 Å². The highest BCUT2D eigenvalue weighted by Gasteiger charge is 2.25. The van der Waals surface area contributed by atoms with E-state index in [1.165, 1.54) is 0 Å². The van der Waals surface area contributed by atoms with E-state index in [0.717, 1.165) is 63.9 Å². The fourth-order valence-electron chi connectivity index (χ4n) is 3.75. The van der Waals surface area contributed by atoms with Crippen LogP contribution in [0.1, 0.15) is 92.9 Å². The fourth-order valence-corrected chi connectivity index (χ4v) is 3.75. The molecule has 8 nitrogen and oxygen atoms in total. The molecule has 2 rings (SSSR count). The molecule has 0 aliphatic heterocycles. The van der Waals surface area contributed by atoms with Crippen LogP contribution in [0.25, 0.3) is 0 Å². The molecule has 0 radical (unpaired) electrons. The molecule has 0 unspecified atom stereocenters. The van der Waals surface area contributed by atoms with Gasteiger partial charge in [0.2, 0.25) is 0 Å². The first kappa shape index (κ1) is 27.9. The summed E-state index contributed by atoms with van der Waals surface area (Å²) in [5.41, 5.74) is -0.909. The van der Waals surface area contributed by atoms with E-state index >= 15 is 0 Å². The first-order valence-corrected chi connectivity index (χ1v) is 11.7. The van der Waals surface area contributed by atoms with Gasteiger partial charge in [0.05, 0.1) is 0 Å². The number of ether oxygens (including phenoxy) is 2. The Morgan fingerprint density at radius 2 is 0.906 bits per heavy atom. The van der Waals surface area contributed by atoms with Crippen molar-refractivity contribution >= 4 is 24.8 Å². The summed E-state index contributed by atoms with van der Waals surface area (Å²) < 4.78 is 10.3. The Labute approximate surface area is 192 Å². The summed E-state index contributed by atoms with van der Waals surface area (Å²) in [6.45, 7) is 11.1. The van der Waals surface area contributed by atoms with Gasteiger partial charge in [-0.3, -0.25) is 0 Å². The summed E-state index contributed by atoms with van der Waals surface area (Å²) in [6, 6.07) is 0.317. The maximum Gasteiger partial charge on any atom is 0.407 e. The summed E-state index contributed by atoms with van der Waals surface area (Å²) in [6.07, 6.45) is 8.23. The number of amides is 2. The lowest BCUT2D eigenvalue weighted by Crippen LogP contribution is -2.41. The van der Waals surface area contributed by atoms with Crippen LogP contribution in [0.5, 0.6) is 0 Å². The van der Waals surface area contributed by atoms with Crippen molar-refractivity contribution in [3.05, 3.63) is 0 Å². The molecule has 0 bridgehead atoms. The SMILES string of the molecule is CC(C)(C)OC(=O)NC1CCC(C=O)CC1.CC(C)(C)OC(=O)NC1CCC(C=O)CC1. The topological polar surface area (TPSA) is 111 Å². The lowest BCUT2D eigenvalue weighted by atomic mass is 9.87. The molecule has 0 saturated heterocycles. The predicted molar refractivity (Wildman–Crippen MR) is 122 cm³/mol. The van der Waals surface area contributed by atoms with Crippen LogP contribution in [0, 0.1) is 11.8 Å². The maximum atomic E-state index is 11.5. The van der Waals surface area contributed by atoms with Crippen molar-refractivity contribution in [2.75, 3.05) is 0 Å². The summed E-state index contributed by atoms with van der Waals surface area (Å²) >= 11 is 0. The molecule has 2 N–H and O–H groups in total. The van der Waals surface area contributed by atoms with E-state index in [9.17, 15) is 19.2 Å². The van der Waals surface area contributed by atoms with Gasteiger partial charge in [-0.05, 0) is 92.9 Å². The molecule has 0 aromatic heterocycles. The monoisotopic (exact) mass is 454 g/mol. The highest BCUT2D eigenvalue weighted by atomic mass is 16.6. The lowest BCUT2D eigenvalue weighted by Gasteiger charge is -2.27. The molecule has 32 heavy (non-hydrogen) atoms. The third kappa shape index (κ3) is 12.7. The van der Waals surface area contributed by atoms with E-state index in [1.54, 1.807) is 0 Å². The minimum atomic E-state index is -0.454. The molecule has 0 atom stereocenters. The molecule has 184 valence electrons. The van der Waals surface area contributed by atoms with Gasteiger partial charge in [-0.1, -0.05) is 0 Å². The third-order valence-corrected chi connectivity index (χ3v) is 5.37. The molecule has 0 spiro atoms. The molecule has 0 aromatic carbocycles. The normalized spacial score (nSPS) is 25.9. The first-order valence-electron chi connectivity index (χ1n) is 11.7. The second kappa shape index (κ2) is 12.8. The summed E-state index contributed by atoms with van der Waals surface area (Å²) in [5, 5.41) is 5.69. The minimum Gasteiger partial charge on any atom is -0.444 e. The van der Waals surface area contributed by atoms with E-state index < -0.39 is 11.2 Å². The Hall–Kier alpha value is -2.12. The standard InChI is InChI=1S/2C12H21NO3/c2*1-12(2,3)16-11(15)13-10-6-4-9(8-14)5-7-10/h2*8-10H,4-7H2,1-3H3,(H,13,15). The average Bonchev–Trinajstić information content (AvgIpc) is 2.66. The molecule has 8 heteroatoms. The van der Waals surface area contributed by atoms with Crippen LogP contribution in [0.2, 0.25) is 0 Å². The highest BCUT2D eigenvalue weighted by Crippen LogP contribution is 2.23. The zero-order valence-corrected chi connectivity index (χ0v) is 20.6. The number of nitrogens with one attached hydrogen (secondary N) is 2. The van der Waals surface area contributed by atoms with E-state index in [1.807, 2.05) is 41.5 Å². The minimum absolute atomic E-state index is 0.158. The first-order chi connectivity index (χ1) is 14.8. The zero-order chi connectivity index (χ0) is 24.4. The summed E-state index contributed by atoms with van der Waals surface area (Å²) in [4.78, 5) is 44.1.